The van der Waals surface area contributed by atoms with Crippen molar-refractivity contribution in [3.63, 3.8) is 0 Å². The molecule has 0 aromatic heterocycles. The third kappa shape index (κ3) is 4.13. The number of ether oxygens (including phenoxy) is 1. The van der Waals surface area contributed by atoms with E-state index in [2.05, 4.69) is 10.6 Å². The molecule has 2 heterocycles. The summed E-state index contributed by atoms with van der Waals surface area (Å²) in [6.07, 6.45) is 0.00814. The van der Waals surface area contributed by atoms with E-state index in [1.54, 1.807) is 24.3 Å². The van der Waals surface area contributed by atoms with E-state index in [9.17, 15) is 9.59 Å². The molecule has 1 fully saturated rings. The first-order chi connectivity index (χ1) is 13.1. The molecule has 0 spiro atoms. The van der Waals surface area contributed by atoms with E-state index >= 15 is 0 Å². The van der Waals surface area contributed by atoms with Crippen molar-refractivity contribution in [2.75, 3.05) is 25.0 Å². The number of para-hydroxylation sites is 1. The molecule has 2 atom stereocenters. The fourth-order valence-corrected chi connectivity index (χ4v) is 3.59. The normalized spacial score (nSPS) is 20.5. The number of nitrogens with zero attached hydrogens (tertiary/aromatic N) is 1. The topological polar surface area (TPSA) is 70.7 Å². The highest BCUT2D eigenvalue weighted by Gasteiger charge is 2.29. The van der Waals surface area contributed by atoms with E-state index in [0.717, 1.165) is 24.4 Å². The maximum Gasteiger partial charge on any atom is 0.265 e. The second-order valence-corrected chi connectivity index (χ2v) is 7.04. The summed E-state index contributed by atoms with van der Waals surface area (Å²) >= 11 is 0. The molecule has 1 saturated heterocycles. The first-order valence-electron chi connectivity index (χ1n) is 9.29. The molecular weight excluding hydrogens is 378 g/mol. The molecule has 2 amide bonds. The van der Waals surface area contributed by atoms with E-state index in [-0.39, 0.29) is 30.3 Å². The summed E-state index contributed by atoms with van der Waals surface area (Å²) in [7, 11) is 0. The number of piperazine rings is 1. The lowest BCUT2D eigenvalue weighted by molar-refractivity contribution is -0.122. The van der Waals surface area contributed by atoms with E-state index in [4.69, 9.17) is 4.74 Å². The van der Waals surface area contributed by atoms with Gasteiger partial charge in [-0.25, -0.2) is 0 Å². The van der Waals surface area contributed by atoms with Crippen LogP contribution in [0.1, 0.15) is 22.8 Å². The van der Waals surface area contributed by atoms with Crippen molar-refractivity contribution in [1.29, 1.82) is 0 Å². The first-order valence-corrected chi connectivity index (χ1v) is 9.29. The van der Waals surface area contributed by atoms with Gasteiger partial charge in [-0.2, -0.15) is 0 Å². The molecule has 2 aromatic carbocycles. The zero-order chi connectivity index (χ0) is 18.8. The predicted molar refractivity (Wildman–Crippen MR) is 110 cm³/mol. The van der Waals surface area contributed by atoms with Crippen LogP contribution in [0.2, 0.25) is 0 Å². The number of halogens is 1. The number of carbonyl (C=O) groups excluding carboxylic acids is 2. The highest BCUT2D eigenvalue weighted by atomic mass is 35.5. The molecule has 28 heavy (non-hydrogen) atoms. The standard InChI is InChI=1S/C21H23N3O3.ClH/c1-14-13-22-9-10-24(14)21(26)16-6-4-7-17(11-16)23-20(25)19-12-15-5-2-3-8-18(15)27-19;/h2-8,11,14,19,22H,9-10,12-13H2,1H3,(H,23,25);1H/t14-,19?;/m0./s1. The Morgan fingerprint density at radius 3 is 2.79 bits per heavy atom. The van der Waals surface area contributed by atoms with E-state index in [0.29, 0.717) is 24.2 Å². The van der Waals surface area contributed by atoms with Crippen LogP contribution in [0, 0.1) is 0 Å². The molecule has 7 heteroatoms. The Morgan fingerprint density at radius 1 is 1.18 bits per heavy atom. The van der Waals surface area contributed by atoms with Gasteiger partial charge in [0.15, 0.2) is 6.10 Å². The van der Waals surface area contributed by atoms with Gasteiger partial charge in [0.25, 0.3) is 11.8 Å². The molecular formula is C21H24ClN3O3. The van der Waals surface area contributed by atoms with Gasteiger partial charge in [0.2, 0.25) is 0 Å². The summed E-state index contributed by atoms with van der Waals surface area (Å²) in [5.41, 5.74) is 2.22. The Kier molecular flexibility index (Phi) is 6.21. The average Bonchev–Trinajstić information content (AvgIpc) is 3.12. The van der Waals surface area contributed by atoms with E-state index in [1.165, 1.54) is 0 Å². The summed E-state index contributed by atoms with van der Waals surface area (Å²) in [5.74, 6) is 0.547. The Labute approximate surface area is 170 Å². The largest absolute Gasteiger partial charge is 0.480 e. The van der Waals surface area contributed by atoms with Gasteiger partial charge >= 0.3 is 0 Å². The van der Waals surface area contributed by atoms with Gasteiger partial charge in [0.05, 0.1) is 0 Å². The summed E-state index contributed by atoms with van der Waals surface area (Å²) in [4.78, 5) is 27.3. The minimum absolute atomic E-state index is 0. The van der Waals surface area contributed by atoms with Gasteiger partial charge < -0.3 is 20.3 Å². The Bertz CT molecular complexity index is 848. The quantitative estimate of drug-likeness (QED) is 0.829. The molecule has 0 saturated carbocycles. The zero-order valence-electron chi connectivity index (χ0n) is 15.7. The van der Waals surface area contributed by atoms with Gasteiger partial charge in [-0.1, -0.05) is 24.3 Å². The van der Waals surface area contributed by atoms with Crippen LogP contribution >= 0.6 is 12.4 Å². The van der Waals surface area contributed by atoms with Crippen molar-refractivity contribution in [3.8, 4) is 5.75 Å². The van der Waals surface area contributed by atoms with Crippen molar-refractivity contribution in [2.24, 2.45) is 0 Å². The fraction of sp³-hybridized carbons (Fsp3) is 0.333. The minimum atomic E-state index is -0.546. The minimum Gasteiger partial charge on any atom is -0.480 e. The Hall–Kier alpha value is -2.57. The number of nitrogens with one attached hydrogen (secondary N) is 2. The number of benzene rings is 2. The van der Waals surface area contributed by atoms with Crippen LogP contribution in [0.4, 0.5) is 5.69 Å². The molecule has 6 nitrogen and oxygen atoms in total. The summed E-state index contributed by atoms with van der Waals surface area (Å²) in [6, 6.07) is 14.9. The number of hydrogen-bond donors (Lipinski definition) is 2. The van der Waals surface area contributed by atoms with Gasteiger partial charge in [0.1, 0.15) is 5.75 Å². The van der Waals surface area contributed by atoms with Gasteiger partial charge in [-0.3, -0.25) is 9.59 Å². The number of amides is 2. The molecule has 0 radical (unpaired) electrons. The first kappa shape index (κ1) is 20.2. The SMILES string of the molecule is C[C@H]1CNCCN1C(=O)c1cccc(NC(=O)C2Cc3ccccc3O2)c1.Cl. The Morgan fingerprint density at radius 2 is 2.00 bits per heavy atom. The monoisotopic (exact) mass is 401 g/mol. The summed E-state index contributed by atoms with van der Waals surface area (Å²) < 4.78 is 5.73. The molecule has 148 valence electrons. The van der Waals surface area contributed by atoms with Gasteiger partial charge in [0, 0.05) is 43.3 Å². The molecule has 2 N–H and O–H groups in total. The maximum absolute atomic E-state index is 12.8. The van der Waals surface area contributed by atoms with Crippen LogP contribution in [0.3, 0.4) is 0 Å². The summed E-state index contributed by atoms with van der Waals surface area (Å²) in [6.45, 7) is 4.31. The van der Waals surface area contributed by atoms with Gasteiger partial charge in [-0.05, 0) is 36.8 Å². The second-order valence-electron chi connectivity index (χ2n) is 7.04. The third-order valence-electron chi connectivity index (χ3n) is 5.08. The average molecular weight is 402 g/mol. The molecule has 2 aliphatic rings. The van der Waals surface area contributed by atoms with Crippen LogP contribution in [0.5, 0.6) is 5.75 Å². The van der Waals surface area contributed by atoms with Crippen molar-refractivity contribution in [2.45, 2.75) is 25.5 Å². The van der Waals surface area contributed by atoms with Crippen molar-refractivity contribution < 1.29 is 14.3 Å². The maximum atomic E-state index is 12.8. The number of hydrogen-bond acceptors (Lipinski definition) is 4. The number of anilines is 1. The number of carbonyl (C=O) groups is 2. The van der Waals surface area contributed by atoms with Crippen molar-refractivity contribution in [1.82, 2.24) is 10.2 Å². The van der Waals surface area contributed by atoms with Crippen LogP contribution in [-0.2, 0) is 11.2 Å². The smallest absolute Gasteiger partial charge is 0.265 e. The number of fused-ring (bicyclic) bond motifs is 1. The number of rotatable bonds is 3. The van der Waals surface area contributed by atoms with Crippen LogP contribution in [0.25, 0.3) is 0 Å². The second kappa shape index (κ2) is 8.63. The molecule has 0 aliphatic carbocycles. The van der Waals surface area contributed by atoms with Crippen LogP contribution in [-0.4, -0.2) is 48.5 Å². The molecule has 1 unspecified atom stereocenters. The third-order valence-corrected chi connectivity index (χ3v) is 5.08. The lowest BCUT2D eigenvalue weighted by Gasteiger charge is -2.34. The summed E-state index contributed by atoms with van der Waals surface area (Å²) in [5, 5.41) is 6.16. The highest BCUT2D eigenvalue weighted by molar-refractivity contribution is 5.98. The van der Waals surface area contributed by atoms with Crippen molar-refractivity contribution >= 4 is 29.9 Å². The Balaban J connectivity index is 0.00000225. The molecule has 0 bridgehead atoms. The lowest BCUT2D eigenvalue weighted by atomic mass is 10.1. The van der Waals surface area contributed by atoms with Gasteiger partial charge in [-0.15, -0.1) is 12.4 Å². The van der Waals surface area contributed by atoms with E-state index in [1.807, 2.05) is 36.1 Å². The lowest BCUT2D eigenvalue weighted by Crippen LogP contribution is -2.52. The van der Waals surface area contributed by atoms with Crippen LogP contribution < -0.4 is 15.4 Å². The van der Waals surface area contributed by atoms with Crippen LogP contribution in [0.15, 0.2) is 48.5 Å². The predicted octanol–water partition coefficient (Wildman–Crippen LogP) is 2.48. The highest BCUT2D eigenvalue weighted by Crippen LogP contribution is 2.28. The molecule has 2 aromatic rings. The zero-order valence-corrected chi connectivity index (χ0v) is 16.5. The van der Waals surface area contributed by atoms with E-state index < -0.39 is 6.10 Å². The van der Waals surface area contributed by atoms with Crippen molar-refractivity contribution in [3.05, 3.63) is 59.7 Å². The molecule has 4 rings (SSSR count). The molecule has 2 aliphatic heterocycles. The fourth-order valence-electron chi connectivity index (χ4n) is 3.59.